The summed E-state index contributed by atoms with van der Waals surface area (Å²) in [6.07, 6.45) is 0.390. The van der Waals surface area contributed by atoms with Crippen molar-refractivity contribution in [1.29, 1.82) is 0 Å². The van der Waals surface area contributed by atoms with Gasteiger partial charge in [0.15, 0.2) is 0 Å². The smallest absolute Gasteiger partial charge is 0.242 e. The van der Waals surface area contributed by atoms with Crippen molar-refractivity contribution in [3.05, 3.63) is 0 Å². The summed E-state index contributed by atoms with van der Waals surface area (Å²) in [5.41, 5.74) is 0. The lowest BCUT2D eigenvalue weighted by molar-refractivity contribution is -0.128. The zero-order valence-electron chi connectivity index (χ0n) is 7.19. The molecule has 2 amide bonds. The van der Waals surface area contributed by atoms with E-state index in [0.717, 1.165) is 0 Å². The van der Waals surface area contributed by atoms with Gasteiger partial charge in [0.25, 0.3) is 0 Å². The Morgan fingerprint density at radius 2 is 2.08 bits per heavy atom. The molecule has 5 heteroatoms. The van der Waals surface area contributed by atoms with Crippen molar-refractivity contribution >= 4 is 27.7 Å². The largest absolute Gasteiger partial charge is 0.357 e. The minimum atomic E-state index is -0.457. The molecule has 0 aromatic rings. The summed E-state index contributed by atoms with van der Waals surface area (Å²) in [7, 11) is 1.54. The molecule has 0 spiro atoms. The molecular weight excluding hydrogens is 224 g/mol. The van der Waals surface area contributed by atoms with Crippen molar-refractivity contribution in [2.24, 2.45) is 0 Å². The number of rotatable bonds is 4. The zero-order chi connectivity index (χ0) is 9.56. The third-order valence-corrected chi connectivity index (χ3v) is 1.74. The lowest BCUT2D eigenvalue weighted by atomic mass is 10.3. The summed E-state index contributed by atoms with van der Waals surface area (Å²) in [6, 6.07) is -0.457. The van der Waals surface area contributed by atoms with E-state index in [-0.39, 0.29) is 11.8 Å². The zero-order valence-corrected chi connectivity index (χ0v) is 8.77. The Bertz CT molecular complexity index is 173. The normalized spacial score (nSPS) is 11.9. The van der Waals surface area contributed by atoms with E-state index in [2.05, 4.69) is 26.6 Å². The van der Waals surface area contributed by atoms with Crippen LogP contribution < -0.4 is 10.6 Å². The van der Waals surface area contributed by atoms with Crippen LogP contribution in [0.4, 0.5) is 0 Å². The van der Waals surface area contributed by atoms with Crippen LogP contribution in [0.2, 0.25) is 0 Å². The predicted molar refractivity (Wildman–Crippen MR) is 50.1 cm³/mol. The van der Waals surface area contributed by atoms with Crippen LogP contribution in [0.3, 0.4) is 0 Å². The number of carbonyl (C=O) groups is 2. The number of hydrogen-bond donors (Lipinski definition) is 2. The molecule has 0 heterocycles. The van der Waals surface area contributed by atoms with Gasteiger partial charge in [-0.25, -0.2) is 0 Å². The second-order valence-corrected chi connectivity index (χ2v) is 3.14. The van der Waals surface area contributed by atoms with Gasteiger partial charge in [0.1, 0.15) is 6.04 Å². The summed E-state index contributed by atoms with van der Waals surface area (Å²) in [5, 5.41) is 5.61. The molecule has 0 saturated heterocycles. The Hall–Kier alpha value is -0.580. The van der Waals surface area contributed by atoms with Gasteiger partial charge >= 0.3 is 0 Å². The number of likely N-dealkylation sites (N-methyl/N-ethyl adjacent to an activating group) is 1. The Labute approximate surface area is 80.2 Å². The Balaban J connectivity index is 3.75. The van der Waals surface area contributed by atoms with Crippen molar-refractivity contribution in [3.8, 4) is 0 Å². The first-order chi connectivity index (χ1) is 5.61. The topological polar surface area (TPSA) is 58.2 Å². The summed E-state index contributed by atoms with van der Waals surface area (Å²) in [5.74, 6) is -0.305. The standard InChI is InChI=1S/C7H13BrN2O2/c1-5(7(12)9-2)10-6(11)3-4-8/h5H,3-4H2,1-2H3,(H,9,12)(H,10,11). The molecule has 1 atom stereocenters. The van der Waals surface area contributed by atoms with Gasteiger partial charge in [-0.3, -0.25) is 9.59 Å². The lowest BCUT2D eigenvalue weighted by Crippen LogP contribution is -2.43. The molecule has 1 unspecified atom stereocenters. The Morgan fingerprint density at radius 1 is 1.50 bits per heavy atom. The van der Waals surface area contributed by atoms with E-state index >= 15 is 0 Å². The number of hydrogen-bond acceptors (Lipinski definition) is 2. The average Bonchev–Trinajstić information content (AvgIpc) is 2.03. The van der Waals surface area contributed by atoms with Gasteiger partial charge in [-0.05, 0) is 6.92 Å². The maximum absolute atomic E-state index is 11.0. The molecule has 0 bridgehead atoms. The van der Waals surface area contributed by atoms with Crippen molar-refractivity contribution in [2.75, 3.05) is 12.4 Å². The second kappa shape index (κ2) is 5.99. The summed E-state index contributed by atoms with van der Waals surface area (Å²) < 4.78 is 0. The minimum absolute atomic E-state index is 0.122. The highest BCUT2D eigenvalue weighted by atomic mass is 79.9. The molecule has 0 radical (unpaired) electrons. The first-order valence-corrected chi connectivity index (χ1v) is 4.81. The average molecular weight is 237 g/mol. The molecule has 0 aliphatic rings. The fourth-order valence-electron chi connectivity index (χ4n) is 0.682. The van der Waals surface area contributed by atoms with Gasteiger partial charge in [-0.15, -0.1) is 0 Å². The first kappa shape index (κ1) is 11.4. The quantitative estimate of drug-likeness (QED) is 0.677. The summed E-state index contributed by atoms with van der Waals surface area (Å²) >= 11 is 3.13. The van der Waals surface area contributed by atoms with Crippen LogP contribution in [0, 0.1) is 0 Å². The van der Waals surface area contributed by atoms with Crippen LogP contribution in [0.1, 0.15) is 13.3 Å². The van der Waals surface area contributed by atoms with Gasteiger partial charge in [-0.2, -0.15) is 0 Å². The number of amides is 2. The SMILES string of the molecule is CNC(=O)C(C)NC(=O)CCBr. The third kappa shape index (κ3) is 4.33. The van der Waals surface area contributed by atoms with Crippen molar-refractivity contribution in [3.63, 3.8) is 0 Å². The van der Waals surface area contributed by atoms with Gasteiger partial charge in [-0.1, -0.05) is 15.9 Å². The van der Waals surface area contributed by atoms with Crippen molar-refractivity contribution in [1.82, 2.24) is 10.6 Å². The highest BCUT2D eigenvalue weighted by Crippen LogP contribution is 1.89. The Morgan fingerprint density at radius 3 is 2.50 bits per heavy atom. The highest BCUT2D eigenvalue weighted by Gasteiger charge is 2.12. The van der Waals surface area contributed by atoms with Crippen LogP contribution in [0.5, 0.6) is 0 Å². The molecule has 70 valence electrons. The maximum Gasteiger partial charge on any atom is 0.242 e. The first-order valence-electron chi connectivity index (χ1n) is 3.68. The molecule has 0 aliphatic carbocycles. The second-order valence-electron chi connectivity index (χ2n) is 2.34. The molecule has 0 aromatic heterocycles. The van der Waals surface area contributed by atoms with Crippen LogP contribution >= 0.6 is 15.9 Å². The molecule has 12 heavy (non-hydrogen) atoms. The number of alkyl halides is 1. The molecule has 2 N–H and O–H groups in total. The lowest BCUT2D eigenvalue weighted by Gasteiger charge is -2.11. The van der Waals surface area contributed by atoms with Gasteiger partial charge in [0.2, 0.25) is 11.8 Å². The van der Waals surface area contributed by atoms with Crippen LogP contribution in [0.25, 0.3) is 0 Å². The van der Waals surface area contributed by atoms with E-state index in [9.17, 15) is 9.59 Å². The summed E-state index contributed by atoms with van der Waals surface area (Å²) in [4.78, 5) is 21.9. The minimum Gasteiger partial charge on any atom is -0.357 e. The van der Waals surface area contributed by atoms with Crippen LogP contribution in [-0.2, 0) is 9.59 Å². The Kier molecular flexibility index (Phi) is 5.70. The van der Waals surface area contributed by atoms with E-state index in [1.807, 2.05) is 0 Å². The molecular formula is C7H13BrN2O2. The van der Waals surface area contributed by atoms with Crippen molar-refractivity contribution in [2.45, 2.75) is 19.4 Å². The fourth-order valence-corrected chi connectivity index (χ4v) is 1.04. The van der Waals surface area contributed by atoms with Crippen molar-refractivity contribution < 1.29 is 9.59 Å². The van der Waals surface area contributed by atoms with Gasteiger partial charge < -0.3 is 10.6 Å². The highest BCUT2D eigenvalue weighted by molar-refractivity contribution is 9.09. The number of carbonyl (C=O) groups excluding carboxylic acids is 2. The molecule has 0 aromatic carbocycles. The van der Waals surface area contributed by atoms with Crippen LogP contribution in [0.15, 0.2) is 0 Å². The predicted octanol–water partition coefficient (Wildman–Crippen LogP) is 0.0221. The molecule has 0 aliphatic heterocycles. The maximum atomic E-state index is 11.0. The van der Waals surface area contributed by atoms with E-state index in [1.54, 1.807) is 6.92 Å². The van der Waals surface area contributed by atoms with E-state index in [4.69, 9.17) is 0 Å². The van der Waals surface area contributed by atoms with E-state index < -0.39 is 6.04 Å². The third-order valence-electron chi connectivity index (χ3n) is 1.34. The monoisotopic (exact) mass is 236 g/mol. The van der Waals surface area contributed by atoms with Gasteiger partial charge in [0.05, 0.1) is 0 Å². The molecule has 0 saturated carbocycles. The molecule has 0 fully saturated rings. The van der Waals surface area contributed by atoms with E-state index in [0.29, 0.717) is 11.8 Å². The van der Waals surface area contributed by atoms with Crippen LogP contribution in [-0.4, -0.2) is 30.2 Å². The molecule has 0 rings (SSSR count). The van der Waals surface area contributed by atoms with Gasteiger partial charge in [0, 0.05) is 18.8 Å². The summed E-state index contributed by atoms with van der Waals surface area (Å²) in [6.45, 7) is 1.64. The van der Waals surface area contributed by atoms with E-state index in [1.165, 1.54) is 7.05 Å². The molecule has 4 nitrogen and oxygen atoms in total. The fraction of sp³-hybridized carbons (Fsp3) is 0.714. The number of nitrogens with one attached hydrogen (secondary N) is 2. The number of halogens is 1.